The van der Waals surface area contributed by atoms with Gasteiger partial charge in [0.25, 0.3) is 5.91 Å². The zero-order valence-electron chi connectivity index (χ0n) is 10.6. The third-order valence-electron chi connectivity index (χ3n) is 3.49. The minimum atomic E-state index is -0.000648. The number of aromatic hydroxyl groups is 1. The maximum Gasteiger partial charge on any atom is 0.270 e. The molecule has 0 bridgehead atoms. The molecule has 1 aliphatic rings. The van der Waals surface area contributed by atoms with E-state index < -0.39 is 0 Å². The summed E-state index contributed by atoms with van der Waals surface area (Å²) in [5.41, 5.74) is 1.16. The lowest BCUT2D eigenvalue weighted by Gasteiger charge is -2.18. The van der Waals surface area contributed by atoms with Gasteiger partial charge >= 0.3 is 0 Å². The summed E-state index contributed by atoms with van der Waals surface area (Å²) in [6.45, 7) is 3.28. The Balaban J connectivity index is 1.90. The highest BCUT2D eigenvalue weighted by molar-refractivity contribution is 5.99. The van der Waals surface area contributed by atoms with Crippen molar-refractivity contribution in [1.82, 2.24) is 15.2 Å². The Morgan fingerprint density at radius 1 is 1.26 bits per heavy atom. The van der Waals surface area contributed by atoms with Crippen LogP contribution in [0.4, 0.5) is 0 Å². The monoisotopic (exact) mass is 259 g/mol. The van der Waals surface area contributed by atoms with E-state index >= 15 is 0 Å². The van der Waals surface area contributed by atoms with E-state index in [1.807, 2.05) is 11.0 Å². The van der Waals surface area contributed by atoms with Crippen molar-refractivity contribution in [3.05, 3.63) is 30.0 Å². The Bertz CT molecular complexity index is 598. The first-order valence-electron chi connectivity index (χ1n) is 6.56. The predicted molar refractivity (Wildman–Crippen MR) is 73.4 cm³/mol. The lowest BCUT2D eigenvalue weighted by Crippen LogP contribution is -2.34. The molecular formula is C14H17N3O2. The van der Waals surface area contributed by atoms with Gasteiger partial charge in [0, 0.05) is 25.0 Å². The molecule has 1 aromatic heterocycles. The van der Waals surface area contributed by atoms with Gasteiger partial charge in [0.05, 0.1) is 5.52 Å². The summed E-state index contributed by atoms with van der Waals surface area (Å²) < 4.78 is 0. The molecule has 1 aromatic carbocycles. The first-order valence-corrected chi connectivity index (χ1v) is 6.56. The summed E-state index contributed by atoms with van der Waals surface area (Å²) >= 11 is 0. The molecule has 3 rings (SSSR count). The molecule has 0 saturated carbocycles. The number of hydrogen-bond donors (Lipinski definition) is 3. The predicted octanol–water partition coefficient (Wildman–Crippen LogP) is 1.31. The molecule has 0 unspecified atom stereocenters. The van der Waals surface area contributed by atoms with Gasteiger partial charge in [0.15, 0.2) is 0 Å². The Hall–Kier alpha value is -2.01. The number of amides is 1. The molecule has 1 saturated heterocycles. The number of nitrogens with zero attached hydrogens (tertiary/aromatic N) is 1. The second kappa shape index (κ2) is 4.93. The van der Waals surface area contributed by atoms with Crippen molar-refractivity contribution in [1.29, 1.82) is 0 Å². The second-order valence-corrected chi connectivity index (χ2v) is 4.82. The number of phenolic OH excluding ortho intramolecular Hbond substituents is 1. The van der Waals surface area contributed by atoms with Gasteiger partial charge in [-0.3, -0.25) is 4.79 Å². The average molecular weight is 259 g/mol. The smallest absolute Gasteiger partial charge is 0.270 e. The Morgan fingerprint density at radius 2 is 2.16 bits per heavy atom. The Morgan fingerprint density at radius 3 is 3.00 bits per heavy atom. The third-order valence-corrected chi connectivity index (χ3v) is 3.49. The minimum Gasteiger partial charge on any atom is -0.506 e. The number of fused-ring (bicyclic) bond motifs is 1. The minimum absolute atomic E-state index is 0.000648. The highest BCUT2D eigenvalue weighted by atomic mass is 16.3. The van der Waals surface area contributed by atoms with E-state index in [2.05, 4.69) is 10.3 Å². The number of benzene rings is 1. The van der Waals surface area contributed by atoms with Crippen LogP contribution in [0.25, 0.3) is 10.9 Å². The van der Waals surface area contributed by atoms with E-state index in [0.717, 1.165) is 38.0 Å². The average Bonchev–Trinajstić information content (AvgIpc) is 2.67. The van der Waals surface area contributed by atoms with E-state index in [-0.39, 0.29) is 11.7 Å². The fourth-order valence-electron chi connectivity index (χ4n) is 2.47. The van der Waals surface area contributed by atoms with Crippen LogP contribution in [0.2, 0.25) is 0 Å². The van der Waals surface area contributed by atoms with Crippen LogP contribution in [-0.4, -0.2) is 47.1 Å². The molecule has 5 nitrogen and oxygen atoms in total. The van der Waals surface area contributed by atoms with Gasteiger partial charge in [0.2, 0.25) is 0 Å². The summed E-state index contributed by atoms with van der Waals surface area (Å²) in [6.07, 6.45) is 0.969. The molecule has 0 radical (unpaired) electrons. The topological polar surface area (TPSA) is 68.4 Å². The zero-order chi connectivity index (χ0) is 13.2. The second-order valence-electron chi connectivity index (χ2n) is 4.82. The summed E-state index contributed by atoms with van der Waals surface area (Å²) in [5.74, 6) is 0.174. The van der Waals surface area contributed by atoms with Crippen LogP contribution < -0.4 is 5.32 Å². The summed E-state index contributed by atoms with van der Waals surface area (Å²) in [4.78, 5) is 17.3. The largest absolute Gasteiger partial charge is 0.506 e. The summed E-state index contributed by atoms with van der Waals surface area (Å²) in [7, 11) is 0. The number of nitrogens with one attached hydrogen (secondary N) is 2. The van der Waals surface area contributed by atoms with Gasteiger partial charge in [-0.15, -0.1) is 0 Å². The molecule has 0 spiro atoms. The van der Waals surface area contributed by atoms with Crippen molar-refractivity contribution in [3.63, 3.8) is 0 Å². The number of hydrogen-bond acceptors (Lipinski definition) is 3. The van der Waals surface area contributed by atoms with Gasteiger partial charge in [-0.2, -0.15) is 0 Å². The van der Waals surface area contributed by atoms with Crippen molar-refractivity contribution in [3.8, 4) is 5.75 Å². The summed E-state index contributed by atoms with van der Waals surface area (Å²) in [6, 6.07) is 7.07. The number of carbonyl (C=O) groups is 1. The molecule has 3 N–H and O–H groups in total. The van der Waals surface area contributed by atoms with Crippen LogP contribution in [0.3, 0.4) is 0 Å². The number of aromatic amines is 1. The molecule has 2 aromatic rings. The number of rotatable bonds is 1. The van der Waals surface area contributed by atoms with Gasteiger partial charge in [-0.1, -0.05) is 12.1 Å². The van der Waals surface area contributed by atoms with E-state index in [1.54, 1.807) is 18.2 Å². The SMILES string of the molecule is O=C(c1cc2cccc(O)c2[nH]1)N1CCCNCC1. The van der Waals surface area contributed by atoms with Crippen molar-refractivity contribution in [2.45, 2.75) is 6.42 Å². The molecule has 2 heterocycles. The normalized spacial score (nSPS) is 16.5. The van der Waals surface area contributed by atoms with E-state index in [0.29, 0.717) is 11.2 Å². The third kappa shape index (κ3) is 2.29. The quantitative estimate of drug-likeness (QED) is 0.723. The van der Waals surface area contributed by atoms with Gasteiger partial charge in [-0.05, 0) is 25.1 Å². The van der Waals surface area contributed by atoms with E-state index in [1.165, 1.54) is 0 Å². The zero-order valence-corrected chi connectivity index (χ0v) is 10.6. The molecule has 0 atom stereocenters. The van der Waals surface area contributed by atoms with E-state index in [4.69, 9.17) is 0 Å². The van der Waals surface area contributed by atoms with Crippen molar-refractivity contribution in [2.24, 2.45) is 0 Å². The Labute approximate surface area is 111 Å². The standard InChI is InChI=1S/C14H17N3O2/c18-12-4-1-3-10-9-11(16-13(10)12)14(19)17-7-2-5-15-6-8-17/h1,3-4,9,15-16,18H,2,5-8H2. The van der Waals surface area contributed by atoms with Crippen molar-refractivity contribution < 1.29 is 9.90 Å². The van der Waals surface area contributed by atoms with Gasteiger partial charge in [0.1, 0.15) is 11.4 Å². The number of phenols is 1. The molecule has 19 heavy (non-hydrogen) atoms. The molecule has 1 fully saturated rings. The van der Waals surface area contributed by atoms with Crippen LogP contribution in [0.1, 0.15) is 16.9 Å². The van der Waals surface area contributed by atoms with Gasteiger partial charge < -0.3 is 20.3 Å². The van der Waals surface area contributed by atoms with Crippen LogP contribution in [0.5, 0.6) is 5.75 Å². The molecular weight excluding hydrogens is 242 g/mol. The van der Waals surface area contributed by atoms with Crippen LogP contribution in [0.15, 0.2) is 24.3 Å². The maximum atomic E-state index is 12.4. The Kier molecular flexibility index (Phi) is 3.13. The number of para-hydroxylation sites is 1. The maximum absolute atomic E-state index is 12.4. The molecule has 0 aliphatic carbocycles. The highest BCUT2D eigenvalue weighted by Gasteiger charge is 2.19. The molecule has 1 aliphatic heterocycles. The number of H-pyrrole nitrogens is 1. The van der Waals surface area contributed by atoms with Crippen LogP contribution in [-0.2, 0) is 0 Å². The highest BCUT2D eigenvalue weighted by Crippen LogP contribution is 2.24. The molecule has 1 amide bonds. The van der Waals surface area contributed by atoms with Crippen LogP contribution in [0, 0.1) is 0 Å². The first-order chi connectivity index (χ1) is 9.25. The van der Waals surface area contributed by atoms with Crippen molar-refractivity contribution in [2.75, 3.05) is 26.2 Å². The fourth-order valence-corrected chi connectivity index (χ4v) is 2.47. The number of carbonyl (C=O) groups excluding carboxylic acids is 1. The lowest BCUT2D eigenvalue weighted by molar-refractivity contribution is 0.0761. The van der Waals surface area contributed by atoms with Gasteiger partial charge in [-0.25, -0.2) is 0 Å². The lowest BCUT2D eigenvalue weighted by atomic mass is 10.2. The first kappa shape index (κ1) is 12.0. The fraction of sp³-hybridized carbons (Fsp3) is 0.357. The van der Waals surface area contributed by atoms with Crippen molar-refractivity contribution >= 4 is 16.8 Å². The van der Waals surface area contributed by atoms with Crippen LogP contribution >= 0.6 is 0 Å². The summed E-state index contributed by atoms with van der Waals surface area (Å²) in [5, 5.41) is 13.9. The molecule has 5 heteroatoms. The number of aromatic nitrogens is 1. The van der Waals surface area contributed by atoms with E-state index in [9.17, 15) is 9.90 Å². The molecule has 100 valence electrons.